The van der Waals surface area contributed by atoms with E-state index >= 15 is 0 Å². The van der Waals surface area contributed by atoms with E-state index in [2.05, 4.69) is 18.7 Å². The molecule has 1 saturated carbocycles. The fourth-order valence-corrected chi connectivity index (χ4v) is 4.62. The fraction of sp³-hybridized carbons (Fsp3) is 0.947. The van der Waals surface area contributed by atoms with Crippen molar-refractivity contribution in [3.63, 3.8) is 0 Å². The number of carbonyl (C=O) groups is 1. The van der Waals surface area contributed by atoms with Gasteiger partial charge in [0, 0.05) is 32.2 Å². The first-order valence-electron chi connectivity index (χ1n) is 9.80. The first-order valence-corrected chi connectivity index (χ1v) is 9.80. The second-order valence-electron chi connectivity index (χ2n) is 8.11. The molecule has 1 aliphatic carbocycles. The average molecular weight is 338 g/mol. The minimum absolute atomic E-state index is 0.177. The molecule has 0 aromatic rings. The highest BCUT2D eigenvalue weighted by molar-refractivity contribution is 5.81. The van der Waals surface area contributed by atoms with Crippen LogP contribution in [0.4, 0.5) is 0 Å². The Labute approximate surface area is 146 Å². The Morgan fingerprint density at radius 2 is 1.92 bits per heavy atom. The van der Waals surface area contributed by atoms with Crippen LogP contribution in [0.25, 0.3) is 0 Å². The van der Waals surface area contributed by atoms with Gasteiger partial charge in [-0.15, -0.1) is 0 Å². The second-order valence-corrected chi connectivity index (χ2v) is 8.11. The molecule has 5 atom stereocenters. The minimum atomic E-state index is -0.309. The van der Waals surface area contributed by atoms with E-state index in [0.29, 0.717) is 12.0 Å². The van der Waals surface area contributed by atoms with E-state index in [9.17, 15) is 4.79 Å². The number of nitrogens with zero attached hydrogens (tertiary/aromatic N) is 2. The van der Waals surface area contributed by atoms with E-state index in [-0.39, 0.29) is 18.1 Å². The molecule has 138 valence electrons. The molecule has 0 radical (unpaired) electrons. The lowest BCUT2D eigenvalue weighted by Gasteiger charge is -2.34. The topological polar surface area (TPSA) is 42.0 Å². The summed E-state index contributed by atoms with van der Waals surface area (Å²) in [6, 6.07) is 0.472. The molecule has 5 nitrogen and oxygen atoms in total. The molecule has 2 heterocycles. The van der Waals surface area contributed by atoms with E-state index in [1.807, 2.05) is 11.8 Å². The van der Waals surface area contributed by atoms with Gasteiger partial charge in [-0.3, -0.25) is 9.69 Å². The van der Waals surface area contributed by atoms with E-state index in [4.69, 9.17) is 9.47 Å². The molecule has 24 heavy (non-hydrogen) atoms. The summed E-state index contributed by atoms with van der Waals surface area (Å²) in [6.45, 7) is 11.8. The molecular weight excluding hydrogens is 304 g/mol. The molecule has 2 aliphatic heterocycles. The number of hydrogen-bond acceptors (Lipinski definition) is 4. The molecule has 3 fully saturated rings. The third-order valence-corrected chi connectivity index (χ3v) is 6.03. The van der Waals surface area contributed by atoms with Crippen molar-refractivity contribution in [3.05, 3.63) is 0 Å². The van der Waals surface area contributed by atoms with Crippen LogP contribution in [0.1, 0.15) is 46.5 Å². The summed E-state index contributed by atoms with van der Waals surface area (Å²) in [5, 5.41) is 0. The van der Waals surface area contributed by atoms with Gasteiger partial charge in [0.1, 0.15) is 6.10 Å². The maximum absolute atomic E-state index is 12.8. The number of hydrogen-bond donors (Lipinski definition) is 0. The smallest absolute Gasteiger partial charge is 0.251 e. The number of likely N-dealkylation sites (tertiary alicyclic amines) is 1. The van der Waals surface area contributed by atoms with Gasteiger partial charge in [0.2, 0.25) is 0 Å². The number of rotatable bonds is 4. The van der Waals surface area contributed by atoms with Gasteiger partial charge in [0.05, 0.1) is 19.3 Å². The van der Waals surface area contributed by atoms with Crippen LogP contribution in [0.2, 0.25) is 0 Å². The number of ether oxygens (including phenoxy) is 2. The third-order valence-electron chi connectivity index (χ3n) is 6.03. The molecular formula is C19H34N2O3. The molecule has 0 aromatic heterocycles. The molecule has 0 aromatic carbocycles. The van der Waals surface area contributed by atoms with Gasteiger partial charge in [-0.05, 0) is 31.6 Å². The summed E-state index contributed by atoms with van der Waals surface area (Å²) >= 11 is 0. The van der Waals surface area contributed by atoms with Crippen molar-refractivity contribution in [2.24, 2.45) is 11.8 Å². The first kappa shape index (κ1) is 18.2. The first-order chi connectivity index (χ1) is 11.5. The highest BCUT2D eigenvalue weighted by Crippen LogP contribution is 2.28. The molecule has 0 N–H and O–H groups in total. The molecule has 0 spiro atoms. The van der Waals surface area contributed by atoms with Crippen molar-refractivity contribution in [1.29, 1.82) is 0 Å². The highest BCUT2D eigenvalue weighted by Gasteiger charge is 2.38. The number of carbonyl (C=O) groups excluding carboxylic acids is 1. The molecule has 0 unspecified atom stereocenters. The van der Waals surface area contributed by atoms with Crippen LogP contribution >= 0.6 is 0 Å². The predicted octanol–water partition coefficient (Wildman–Crippen LogP) is 2.15. The van der Waals surface area contributed by atoms with Gasteiger partial charge in [-0.1, -0.05) is 26.7 Å². The summed E-state index contributed by atoms with van der Waals surface area (Å²) in [6.07, 6.45) is 4.69. The lowest BCUT2D eigenvalue weighted by atomic mass is 9.88. The summed E-state index contributed by atoms with van der Waals surface area (Å²) in [5.41, 5.74) is 0. The summed E-state index contributed by atoms with van der Waals surface area (Å²) < 4.78 is 11.6. The summed E-state index contributed by atoms with van der Waals surface area (Å²) in [5.74, 6) is 1.42. The van der Waals surface area contributed by atoms with E-state index in [1.54, 1.807) is 0 Å². The quantitative estimate of drug-likeness (QED) is 0.788. The second kappa shape index (κ2) is 8.15. The fourth-order valence-electron chi connectivity index (χ4n) is 4.62. The molecule has 5 heteroatoms. The van der Waals surface area contributed by atoms with Crippen LogP contribution in [-0.2, 0) is 14.3 Å². The van der Waals surface area contributed by atoms with E-state index in [0.717, 1.165) is 58.2 Å². The number of morpholine rings is 1. The van der Waals surface area contributed by atoms with Gasteiger partial charge in [-0.2, -0.15) is 0 Å². The van der Waals surface area contributed by atoms with Crippen molar-refractivity contribution in [2.45, 2.75) is 64.7 Å². The van der Waals surface area contributed by atoms with Crippen LogP contribution < -0.4 is 0 Å². The maximum Gasteiger partial charge on any atom is 0.251 e. The largest absolute Gasteiger partial charge is 0.379 e. The molecule has 3 rings (SSSR count). The van der Waals surface area contributed by atoms with Crippen molar-refractivity contribution in [2.75, 3.05) is 39.4 Å². The zero-order valence-corrected chi connectivity index (χ0v) is 15.6. The van der Waals surface area contributed by atoms with Gasteiger partial charge < -0.3 is 14.4 Å². The van der Waals surface area contributed by atoms with Gasteiger partial charge >= 0.3 is 0 Å². The van der Waals surface area contributed by atoms with Gasteiger partial charge in [0.25, 0.3) is 5.91 Å². The summed E-state index contributed by atoms with van der Waals surface area (Å²) in [4.78, 5) is 17.4. The zero-order chi connectivity index (χ0) is 17.1. The monoisotopic (exact) mass is 338 g/mol. The standard InChI is InChI=1S/C19H34N2O3/c1-14-5-4-6-17(11-14)24-16(3)19(22)21-12-15(2)18(13-21)20-7-9-23-10-8-20/h14-18H,4-13H2,1-3H3/t14-,15-,16-,17+,18+/m1/s1. The van der Waals surface area contributed by atoms with Gasteiger partial charge in [-0.25, -0.2) is 0 Å². The van der Waals surface area contributed by atoms with Crippen LogP contribution in [0.15, 0.2) is 0 Å². The van der Waals surface area contributed by atoms with Crippen LogP contribution in [0, 0.1) is 11.8 Å². The Morgan fingerprint density at radius 3 is 2.62 bits per heavy atom. The Morgan fingerprint density at radius 1 is 1.17 bits per heavy atom. The van der Waals surface area contributed by atoms with E-state index in [1.165, 1.54) is 12.8 Å². The lowest BCUT2D eigenvalue weighted by molar-refractivity contribution is -0.147. The number of amides is 1. The molecule has 2 saturated heterocycles. The minimum Gasteiger partial charge on any atom is -0.379 e. The third kappa shape index (κ3) is 4.30. The summed E-state index contributed by atoms with van der Waals surface area (Å²) in [7, 11) is 0. The normalized spacial score (nSPS) is 36.7. The average Bonchev–Trinajstić information content (AvgIpc) is 2.96. The highest BCUT2D eigenvalue weighted by atomic mass is 16.5. The zero-order valence-electron chi connectivity index (χ0n) is 15.6. The maximum atomic E-state index is 12.8. The predicted molar refractivity (Wildman–Crippen MR) is 93.9 cm³/mol. The van der Waals surface area contributed by atoms with Gasteiger partial charge in [0.15, 0.2) is 0 Å². The van der Waals surface area contributed by atoms with Crippen LogP contribution in [-0.4, -0.2) is 73.3 Å². The Balaban J connectivity index is 1.51. The van der Waals surface area contributed by atoms with Crippen LogP contribution in [0.5, 0.6) is 0 Å². The van der Waals surface area contributed by atoms with E-state index < -0.39 is 0 Å². The Bertz CT molecular complexity index is 425. The van der Waals surface area contributed by atoms with Crippen molar-refractivity contribution >= 4 is 5.91 Å². The molecule has 1 amide bonds. The van der Waals surface area contributed by atoms with Crippen LogP contribution in [0.3, 0.4) is 0 Å². The van der Waals surface area contributed by atoms with Crippen molar-refractivity contribution in [1.82, 2.24) is 9.80 Å². The lowest BCUT2D eigenvalue weighted by Crippen LogP contribution is -2.47. The SMILES string of the molecule is C[C@@H]1CCC[C@H](O[C@H](C)C(=O)N2C[C@@H](C)[C@@H](N3CCOCC3)C2)C1. The van der Waals surface area contributed by atoms with Crippen molar-refractivity contribution < 1.29 is 14.3 Å². The Hall–Kier alpha value is -0.650. The Kier molecular flexibility index (Phi) is 6.17. The van der Waals surface area contributed by atoms with Crippen molar-refractivity contribution in [3.8, 4) is 0 Å². The molecule has 3 aliphatic rings. The molecule has 0 bridgehead atoms.